The van der Waals surface area contributed by atoms with E-state index in [0.29, 0.717) is 5.75 Å². The zero-order valence-corrected chi connectivity index (χ0v) is 15.4. The quantitative estimate of drug-likeness (QED) is 0.765. The van der Waals surface area contributed by atoms with Crippen molar-refractivity contribution in [2.24, 2.45) is 5.73 Å². The van der Waals surface area contributed by atoms with Gasteiger partial charge in [0.15, 0.2) is 0 Å². The van der Waals surface area contributed by atoms with Crippen molar-refractivity contribution in [3.05, 3.63) is 50.8 Å². The maximum absolute atomic E-state index is 14.7. The molecule has 132 valence electrons. The molecule has 0 radical (unpaired) electrons. The minimum absolute atomic E-state index is 0.0143. The maximum Gasteiger partial charge on any atom is 0.338 e. The molecule has 2 rings (SSSR count). The molecule has 2 N–H and O–H groups in total. The number of methoxy groups -OCH3 is 1. The maximum atomic E-state index is 14.7. The lowest BCUT2D eigenvalue weighted by atomic mass is 9.82. The number of hydrogen-bond donors (Lipinski definition) is 1. The molecule has 25 heavy (non-hydrogen) atoms. The number of benzene rings is 1. The minimum Gasteiger partial charge on any atom is -0.496 e. The minimum atomic E-state index is -1.08. The molecule has 0 fully saturated rings. The van der Waals surface area contributed by atoms with Crippen LogP contribution in [0.5, 0.6) is 5.75 Å². The molecular formula is C17H16BrFN2O4. The van der Waals surface area contributed by atoms with Gasteiger partial charge in [-0.3, -0.25) is 0 Å². The molecule has 0 aliphatic carbocycles. The summed E-state index contributed by atoms with van der Waals surface area (Å²) >= 11 is 3.29. The van der Waals surface area contributed by atoms with Crippen molar-refractivity contribution in [2.75, 3.05) is 13.7 Å². The Morgan fingerprint density at radius 3 is 2.76 bits per heavy atom. The first-order chi connectivity index (χ1) is 11.9. The van der Waals surface area contributed by atoms with E-state index in [1.54, 1.807) is 6.92 Å². The molecule has 1 unspecified atom stereocenters. The van der Waals surface area contributed by atoms with Crippen LogP contribution >= 0.6 is 15.9 Å². The Kier molecular flexibility index (Phi) is 5.69. The van der Waals surface area contributed by atoms with Crippen molar-refractivity contribution in [1.29, 1.82) is 5.26 Å². The van der Waals surface area contributed by atoms with E-state index in [0.717, 1.165) is 0 Å². The standard InChI is InChI=1S/C17H16BrFN2O4/c1-4-24-17(22)12-8(2)25-16(21)9(7-20)13(12)14-10(19)5-6-11(23-3)15(14)18/h5-6,13H,4,21H2,1-3H3. The number of allylic oxidation sites excluding steroid dienone is 2. The molecule has 1 aromatic carbocycles. The number of nitrogens with two attached hydrogens (primary N) is 1. The molecule has 1 aromatic rings. The summed E-state index contributed by atoms with van der Waals surface area (Å²) in [5.74, 6) is -2.11. The van der Waals surface area contributed by atoms with Crippen molar-refractivity contribution < 1.29 is 23.4 Å². The molecule has 1 aliphatic heterocycles. The largest absolute Gasteiger partial charge is 0.496 e. The Bertz CT molecular complexity index is 827. The second-order valence-corrected chi connectivity index (χ2v) is 5.89. The van der Waals surface area contributed by atoms with E-state index in [2.05, 4.69) is 15.9 Å². The summed E-state index contributed by atoms with van der Waals surface area (Å²) in [4.78, 5) is 12.4. The summed E-state index contributed by atoms with van der Waals surface area (Å²) in [7, 11) is 1.43. The smallest absolute Gasteiger partial charge is 0.338 e. The SMILES string of the molecule is CCOC(=O)C1=C(C)OC(N)=C(C#N)C1c1c(F)ccc(OC)c1Br. The molecule has 0 saturated carbocycles. The summed E-state index contributed by atoms with van der Waals surface area (Å²) in [5, 5.41) is 9.51. The van der Waals surface area contributed by atoms with Gasteiger partial charge in [-0.1, -0.05) is 0 Å². The van der Waals surface area contributed by atoms with Gasteiger partial charge in [-0.25, -0.2) is 9.18 Å². The Labute approximate surface area is 152 Å². The molecule has 8 heteroatoms. The van der Waals surface area contributed by atoms with E-state index < -0.39 is 17.7 Å². The number of carbonyl (C=O) groups is 1. The normalized spacial score (nSPS) is 17.0. The lowest BCUT2D eigenvalue weighted by molar-refractivity contribution is -0.139. The van der Waals surface area contributed by atoms with Crippen molar-refractivity contribution in [3.8, 4) is 11.8 Å². The number of hydrogen-bond acceptors (Lipinski definition) is 6. The number of ether oxygens (including phenoxy) is 3. The summed E-state index contributed by atoms with van der Waals surface area (Å²) in [6.07, 6.45) is 0. The van der Waals surface area contributed by atoms with Crippen molar-refractivity contribution in [1.82, 2.24) is 0 Å². The van der Waals surface area contributed by atoms with Crippen LogP contribution in [0.4, 0.5) is 4.39 Å². The van der Waals surface area contributed by atoms with Gasteiger partial charge in [-0.15, -0.1) is 0 Å². The van der Waals surface area contributed by atoms with Gasteiger partial charge in [-0.05, 0) is 41.9 Å². The van der Waals surface area contributed by atoms with E-state index >= 15 is 0 Å². The first-order valence-corrected chi connectivity index (χ1v) is 8.13. The highest BCUT2D eigenvalue weighted by Crippen LogP contribution is 2.45. The highest BCUT2D eigenvalue weighted by Gasteiger charge is 2.39. The van der Waals surface area contributed by atoms with Gasteiger partial charge >= 0.3 is 5.97 Å². The van der Waals surface area contributed by atoms with Crippen LogP contribution in [0, 0.1) is 17.1 Å². The predicted octanol–water partition coefficient (Wildman–Crippen LogP) is 3.24. The third kappa shape index (κ3) is 3.33. The summed E-state index contributed by atoms with van der Waals surface area (Å²) in [6.45, 7) is 3.27. The average molecular weight is 411 g/mol. The molecule has 0 amide bonds. The molecular weight excluding hydrogens is 395 g/mol. The van der Waals surface area contributed by atoms with Gasteiger partial charge in [0.2, 0.25) is 5.88 Å². The first-order valence-electron chi connectivity index (χ1n) is 7.34. The predicted molar refractivity (Wildman–Crippen MR) is 90.6 cm³/mol. The van der Waals surface area contributed by atoms with Crippen molar-refractivity contribution in [3.63, 3.8) is 0 Å². The molecule has 0 saturated heterocycles. The van der Waals surface area contributed by atoms with E-state index in [9.17, 15) is 14.4 Å². The van der Waals surface area contributed by atoms with Crippen LogP contribution in [0.2, 0.25) is 0 Å². The molecule has 1 heterocycles. The number of carbonyl (C=O) groups excluding carboxylic acids is 1. The van der Waals surface area contributed by atoms with Gasteiger partial charge in [0.05, 0.1) is 29.7 Å². The molecule has 0 aromatic heterocycles. The zero-order valence-electron chi connectivity index (χ0n) is 13.9. The lowest BCUT2D eigenvalue weighted by Crippen LogP contribution is -2.26. The summed E-state index contributed by atoms with van der Waals surface area (Å²) in [5.41, 5.74) is 5.77. The average Bonchev–Trinajstić information content (AvgIpc) is 2.55. The molecule has 1 atom stereocenters. The molecule has 1 aliphatic rings. The Morgan fingerprint density at radius 1 is 1.52 bits per heavy atom. The zero-order chi connectivity index (χ0) is 18.7. The van der Waals surface area contributed by atoms with Crippen LogP contribution < -0.4 is 10.5 Å². The Hall–Kier alpha value is -2.53. The van der Waals surface area contributed by atoms with Gasteiger partial charge in [-0.2, -0.15) is 5.26 Å². The fourth-order valence-corrected chi connectivity index (χ4v) is 3.33. The van der Waals surface area contributed by atoms with Gasteiger partial charge in [0, 0.05) is 5.56 Å². The van der Waals surface area contributed by atoms with E-state index in [4.69, 9.17) is 19.9 Å². The number of rotatable bonds is 4. The van der Waals surface area contributed by atoms with Crippen molar-refractivity contribution >= 4 is 21.9 Å². The van der Waals surface area contributed by atoms with Crippen LogP contribution in [0.15, 0.2) is 39.4 Å². The van der Waals surface area contributed by atoms with Crippen LogP contribution in [-0.4, -0.2) is 19.7 Å². The molecule has 0 spiro atoms. The summed E-state index contributed by atoms with van der Waals surface area (Å²) < 4.78 is 30.5. The fourth-order valence-electron chi connectivity index (χ4n) is 2.62. The highest BCUT2D eigenvalue weighted by atomic mass is 79.9. The molecule has 0 bridgehead atoms. The topological polar surface area (TPSA) is 94.6 Å². The summed E-state index contributed by atoms with van der Waals surface area (Å²) in [6, 6.07) is 4.53. The van der Waals surface area contributed by atoms with Gasteiger partial charge in [0.1, 0.15) is 29.0 Å². The number of halogens is 2. The van der Waals surface area contributed by atoms with E-state index in [-0.39, 0.29) is 39.4 Å². The van der Waals surface area contributed by atoms with Crippen LogP contribution in [0.1, 0.15) is 25.3 Å². The number of nitriles is 1. The lowest BCUT2D eigenvalue weighted by Gasteiger charge is -2.28. The second kappa shape index (κ2) is 7.57. The van der Waals surface area contributed by atoms with Gasteiger partial charge in [0.25, 0.3) is 0 Å². The van der Waals surface area contributed by atoms with Crippen LogP contribution in [0.25, 0.3) is 0 Å². The van der Waals surface area contributed by atoms with E-state index in [1.165, 1.54) is 26.2 Å². The van der Waals surface area contributed by atoms with Crippen molar-refractivity contribution in [2.45, 2.75) is 19.8 Å². The first kappa shape index (κ1) is 18.8. The number of nitrogens with zero attached hydrogens (tertiary/aromatic N) is 1. The third-order valence-corrected chi connectivity index (χ3v) is 4.52. The second-order valence-electron chi connectivity index (χ2n) is 5.09. The third-order valence-electron chi connectivity index (χ3n) is 3.70. The fraction of sp³-hybridized carbons (Fsp3) is 0.294. The Balaban J connectivity index is 2.78. The number of esters is 1. The Morgan fingerprint density at radius 2 is 2.20 bits per heavy atom. The van der Waals surface area contributed by atoms with E-state index in [1.807, 2.05) is 6.07 Å². The highest BCUT2D eigenvalue weighted by molar-refractivity contribution is 9.10. The van der Waals surface area contributed by atoms with Crippen LogP contribution in [0.3, 0.4) is 0 Å². The van der Waals surface area contributed by atoms with Gasteiger partial charge < -0.3 is 19.9 Å². The van der Waals surface area contributed by atoms with Crippen LogP contribution in [-0.2, 0) is 14.3 Å². The molecule has 6 nitrogen and oxygen atoms in total. The monoisotopic (exact) mass is 410 g/mol.